The lowest BCUT2D eigenvalue weighted by molar-refractivity contribution is -0.384. The van der Waals surface area contributed by atoms with Gasteiger partial charge in [-0.3, -0.25) is 10.1 Å². The lowest BCUT2D eigenvalue weighted by Gasteiger charge is -2.17. The van der Waals surface area contributed by atoms with E-state index in [0.29, 0.717) is 15.9 Å². The van der Waals surface area contributed by atoms with E-state index < -0.39 is 4.92 Å². The van der Waals surface area contributed by atoms with Gasteiger partial charge in [0.1, 0.15) is 0 Å². The van der Waals surface area contributed by atoms with Crippen LogP contribution in [0.15, 0.2) is 52.8 Å². The van der Waals surface area contributed by atoms with Crippen LogP contribution in [0.25, 0.3) is 10.9 Å². The van der Waals surface area contributed by atoms with Crippen LogP contribution in [0, 0.1) is 17.0 Å². The SMILES string of the molecule is CCCCN(/N=N/c1snc2ccc([N+](=O)[O-])cc12)c1cccc(C)c1. The second-order valence-electron chi connectivity index (χ2n) is 5.95. The molecule has 0 fully saturated rings. The van der Waals surface area contributed by atoms with Crippen LogP contribution in [0.4, 0.5) is 16.4 Å². The molecule has 134 valence electrons. The van der Waals surface area contributed by atoms with Gasteiger partial charge in [-0.1, -0.05) is 30.7 Å². The Morgan fingerprint density at radius 3 is 2.85 bits per heavy atom. The Bertz CT molecular complexity index is 954. The summed E-state index contributed by atoms with van der Waals surface area (Å²) in [6.45, 7) is 4.91. The smallest absolute Gasteiger partial charge is 0.258 e. The van der Waals surface area contributed by atoms with Gasteiger partial charge in [0.25, 0.3) is 5.69 Å². The van der Waals surface area contributed by atoms with Gasteiger partial charge in [-0.15, -0.1) is 5.11 Å². The number of hydrogen-bond acceptors (Lipinski definition) is 6. The molecule has 0 aliphatic carbocycles. The Morgan fingerprint density at radius 2 is 2.12 bits per heavy atom. The van der Waals surface area contributed by atoms with Crippen LogP contribution >= 0.6 is 11.5 Å². The van der Waals surface area contributed by atoms with E-state index in [1.807, 2.05) is 30.1 Å². The molecule has 0 aliphatic rings. The van der Waals surface area contributed by atoms with Gasteiger partial charge in [-0.25, -0.2) is 5.01 Å². The Morgan fingerprint density at radius 1 is 1.27 bits per heavy atom. The Labute approximate surface area is 155 Å². The van der Waals surface area contributed by atoms with E-state index in [0.717, 1.165) is 30.6 Å². The van der Waals surface area contributed by atoms with Crippen LogP contribution in [0.3, 0.4) is 0 Å². The molecule has 26 heavy (non-hydrogen) atoms. The van der Waals surface area contributed by atoms with Crippen molar-refractivity contribution < 1.29 is 4.92 Å². The van der Waals surface area contributed by atoms with Gasteiger partial charge in [0.05, 0.1) is 16.1 Å². The molecule has 3 aromatic rings. The minimum atomic E-state index is -0.418. The Hall–Kier alpha value is -2.87. The molecule has 0 atom stereocenters. The summed E-state index contributed by atoms with van der Waals surface area (Å²) < 4.78 is 4.29. The van der Waals surface area contributed by atoms with Crippen molar-refractivity contribution in [3.63, 3.8) is 0 Å². The second kappa shape index (κ2) is 8.01. The van der Waals surface area contributed by atoms with Crippen molar-refractivity contribution in [1.29, 1.82) is 0 Å². The predicted octanol–water partition coefficient (Wildman–Crippen LogP) is 5.82. The molecule has 0 N–H and O–H groups in total. The summed E-state index contributed by atoms with van der Waals surface area (Å²) in [5.74, 6) is 0. The Kier molecular flexibility index (Phi) is 5.52. The van der Waals surface area contributed by atoms with Crippen LogP contribution < -0.4 is 5.01 Å². The van der Waals surface area contributed by atoms with Crippen LogP contribution in [-0.2, 0) is 0 Å². The predicted molar refractivity (Wildman–Crippen MR) is 104 cm³/mol. The highest BCUT2D eigenvalue weighted by Gasteiger charge is 2.12. The van der Waals surface area contributed by atoms with Gasteiger partial charge in [0.2, 0.25) is 0 Å². The summed E-state index contributed by atoms with van der Waals surface area (Å²) in [6.07, 6.45) is 2.04. The lowest BCUT2D eigenvalue weighted by atomic mass is 10.2. The molecule has 0 aliphatic heterocycles. The van der Waals surface area contributed by atoms with Gasteiger partial charge in [-0.05, 0) is 48.6 Å². The fourth-order valence-electron chi connectivity index (χ4n) is 2.52. The van der Waals surface area contributed by atoms with Crippen molar-refractivity contribution in [1.82, 2.24) is 4.37 Å². The fourth-order valence-corrected chi connectivity index (χ4v) is 3.20. The normalized spacial score (nSPS) is 11.3. The highest BCUT2D eigenvalue weighted by Crippen LogP contribution is 2.33. The number of fused-ring (bicyclic) bond motifs is 1. The molecule has 7 nitrogen and oxygen atoms in total. The van der Waals surface area contributed by atoms with E-state index in [1.165, 1.54) is 23.7 Å². The summed E-state index contributed by atoms with van der Waals surface area (Å²) in [6, 6.07) is 12.7. The number of rotatable bonds is 7. The maximum Gasteiger partial charge on any atom is 0.270 e. The summed E-state index contributed by atoms with van der Waals surface area (Å²) >= 11 is 1.19. The third-order valence-corrected chi connectivity index (χ3v) is 4.68. The molecule has 2 aromatic carbocycles. The number of non-ortho nitro benzene ring substituents is 1. The number of nitro groups is 1. The fraction of sp³-hybridized carbons (Fsp3) is 0.278. The molecule has 3 rings (SSSR count). The summed E-state index contributed by atoms with van der Waals surface area (Å²) in [5.41, 5.74) is 2.83. The first-order chi connectivity index (χ1) is 12.6. The van der Waals surface area contributed by atoms with Gasteiger partial charge >= 0.3 is 0 Å². The summed E-state index contributed by atoms with van der Waals surface area (Å²) in [7, 11) is 0. The van der Waals surface area contributed by atoms with E-state index >= 15 is 0 Å². The third kappa shape index (κ3) is 4.02. The number of unbranched alkanes of at least 4 members (excludes halogenated alkanes) is 1. The van der Waals surface area contributed by atoms with E-state index in [2.05, 4.69) is 27.7 Å². The minimum absolute atomic E-state index is 0.0238. The molecule has 0 amide bonds. The monoisotopic (exact) mass is 369 g/mol. The Balaban J connectivity index is 1.93. The van der Waals surface area contributed by atoms with E-state index in [4.69, 9.17) is 0 Å². The number of nitrogens with zero attached hydrogens (tertiary/aromatic N) is 5. The molecule has 0 saturated heterocycles. The maximum absolute atomic E-state index is 11.0. The second-order valence-corrected chi connectivity index (χ2v) is 6.70. The number of hydrogen-bond donors (Lipinski definition) is 0. The van der Waals surface area contributed by atoms with E-state index in [1.54, 1.807) is 6.07 Å². The standard InChI is InChI=1S/C18H19N5O2S/c1-3-4-10-22(14-7-5-6-13(2)11-14)21-19-18-16-12-15(23(24)25)8-9-17(16)20-26-18/h5-9,11-12H,3-4,10H2,1-2H3/b21-19+. The first-order valence-electron chi connectivity index (χ1n) is 8.38. The first-order valence-corrected chi connectivity index (χ1v) is 9.15. The topological polar surface area (TPSA) is 84.0 Å². The number of anilines is 1. The van der Waals surface area contributed by atoms with Crippen molar-refractivity contribution in [2.75, 3.05) is 11.6 Å². The maximum atomic E-state index is 11.0. The number of aryl methyl sites for hydroxylation is 1. The van der Waals surface area contributed by atoms with Crippen molar-refractivity contribution in [2.24, 2.45) is 10.3 Å². The summed E-state index contributed by atoms with van der Waals surface area (Å²) in [4.78, 5) is 10.6. The molecule has 1 heterocycles. The molecule has 0 saturated carbocycles. The average molecular weight is 369 g/mol. The molecule has 0 unspecified atom stereocenters. The lowest BCUT2D eigenvalue weighted by Crippen LogP contribution is -2.16. The molecule has 1 aromatic heterocycles. The van der Waals surface area contributed by atoms with Gasteiger partial charge in [0.15, 0.2) is 5.00 Å². The minimum Gasteiger partial charge on any atom is -0.258 e. The van der Waals surface area contributed by atoms with E-state index in [9.17, 15) is 10.1 Å². The molecule has 0 radical (unpaired) electrons. The molecule has 0 bridgehead atoms. The van der Waals surface area contributed by atoms with E-state index in [-0.39, 0.29) is 5.69 Å². The van der Waals surface area contributed by atoms with Gasteiger partial charge in [0, 0.05) is 24.1 Å². The van der Waals surface area contributed by atoms with Crippen molar-refractivity contribution in [3.05, 3.63) is 58.1 Å². The first kappa shape index (κ1) is 17.9. The number of aromatic nitrogens is 1. The van der Waals surface area contributed by atoms with Crippen LogP contribution in [0.2, 0.25) is 0 Å². The van der Waals surface area contributed by atoms with Crippen LogP contribution in [-0.4, -0.2) is 15.8 Å². The zero-order chi connectivity index (χ0) is 18.5. The highest BCUT2D eigenvalue weighted by atomic mass is 32.1. The van der Waals surface area contributed by atoms with Crippen LogP contribution in [0.1, 0.15) is 25.3 Å². The van der Waals surface area contributed by atoms with Crippen molar-refractivity contribution in [3.8, 4) is 0 Å². The molecule has 0 spiro atoms. The zero-order valence-corrected chi connectivity index (χ0v) is 15.4. The van der Waals surface area contributed by atoms with Crippen molar-refractivity contribution >= 4 is 38.8 Å². The molecular weight excluding hydrogens is 350 g/mol. The zero-order valence-electron chi connectivity index (χ0n) is 14.6. The van der Waals surface area contributed by atoms with Gasteiger partial charge < -0.3 is 0 Å². The average Bonchev–Trinajstić information content (AvgIpc) is 3.04. The largest absolute Gasteiger partial charge is 0.270 e. The van der Waals surface area contributed by atoms with Crippen molar-refractivity contribution in [2.45, 2.75) is 26.7 Å². The highest BCUT2D eigenvalue weighted by molar-refractivity contribution is 7.11. The summed E-state index contributed by atoms with van der Waals surface area (Å²) in [5, 5.41) is 22.8. The number of nitro benzene ring substituents is 1. The quantitative estimate of drug-likeness (QED) is 0.298. The molecular formula is C18H19N5O2S. The number of benzene rings is 2. The third-order valence-electron chi connectivity index (χ3n) is 3.92. The van der Waals surface area contributed by atoms with Crippen LogP contribution in [0.5, 0.6) is 0 Å². The van der Waals surface area contributed by atoms with Gasteiger partial charge in [-0.2, -0.15) is 4.37 Å². The molecule has 8 heteroatoms.